The van der Waals surface area contributed by atoms with Crippen molar-refractivity contribution in [3.8, 4) is 0 Å². The van der Waals surface area contributed by atoms with E-state index in [1.807, 2.05) is 18.2 Å². The number of hydrogen-bond acceptors (Lipinski definition) is 2. The number of Topliss-reactive ketones (excluding diaryl/α,β-unsaturated/α-hetero) is 1. The highest BCUT2D eigenvalue weighted by molar-refractivity contribution is 5.99. The van der Waals surface area contributed by atoms with Crippen LogP contribution in [0.5, 0.6) is 0 Å². The zero-order valence-electron chi connectivity index (χ0n) is 12.7. The van der Waals surface area contributed by atoms with Gasteiger partial charge in [0.2, 0.25) is 0 Å². The molecule has 1 fully saturated rings. The zero-order valence-corrected chi connectivity index (χ0v) is 12.7. The second-order valence-electron chi connectivity index (χ2n) is 6.16. The van der Waals surface area contributed by atoms with E-state index in [0.29, 0.717) is 12.0 Å². The normalized spacial score (nSPS) is 25.5. The lowest BCUT2D eigenvalue weighted by molar-refractivity contribution is -0.155. The molecule has 2 atom stereocenters. The predicted octanol–water partition coefficient (Wildman–Crippen LogP) is 4.32. The number of hydrogen-bond donors (Lipinski definition) is 1. The summed E-state index contributed by atoms with van der Waals surface area (Å²) in [6, 6.07) is 9.06. The summed E-state index contributed by atoms with van der Waals surface area (Å²) in [5, 5.41) is 9.83. The minimum Gasteiger partial charge on any atom is -0.481 e. The van der Waals surface area contributed by atoms with E-state index in [4.69, 9.17) is 0 Å². The van der Waals surface area contributed by atoms with Crippen molar-refractivity contribution in [3.63, 3.8) is 0 Å². The van der Waals surface area contributed by atoms with Crippen molar-refractivity contribution in [2.75, 3.05) is 0 Å². The van der Waals surface area contributed by atoms with Gasteiger partial charge in [-0.05, 0) is 25.2 Å². The van der Waals surface area contributed by atoms with Crippen molar-refractivity contribution in [1.82, 2.24) is 0 Å². The third-order valence-electron chi connectivity index (χ3n) is 4.84. The van der Waals surface area contributed by atoms with Crippen LogP contribution >= 0.6 is 0 Å². The number of carbonyl (C=O) groups excluding carboxylic acids is 1. The molecule has 3 heteroatoms. The Kier molecular flexibility index (Phi) is 5.16. The van der Waals surface area contributed by atoms with Gasteiger partial charge >= 0.3 is 5.97 Å². The highest BCUT2D eigenvalue weighted by atomic mass is 16.4. The molecule has 0 amide bonds. The highest BCUT2D eigenvalue weighted by Crippen LogP contribution is 2.47. The van der Waals surface area contributed by atoms with Crippen molar-refractivity contribution >= 4 is 11.8 Å². The van der Waals surface area contributed by atoms with Crippen molar-refractivity contribution in [1.29, 1.82) is 0 Å². The Morgan fingerprint density at radius 1 is 1.24 bits per heavy atom. The lowest BCUT2D eigenvalue weighted by atomic mass is 9.62. The van der Waals surface area contributed by atoms with Gasteiger partial charge in [-0.25, -0.2) is 0 Å². The molecular weight excluding hydrogens is 264 g/mol. The number of carboxylic acids is 1. The average molecular weight is 288 g/mol. The fourth-order valence-corrected chi connectivity index (χ4v) is 3.68. The maximum atomic E-state index is 12.5. The molecule has 1 N–H and O–H groups in total. The van der Waals surface area contributed by atoms with E-state index in [9.17, 15) is 14.7 Å². The molecule has 3 nitrogen and oxygen atoms in total. The van der Waals surface area contributed by atoms with Crippen LogP contribution in [-0.2, 0) is 4.79 Å². The summed E-state index contributed by atoms with van der Waals surface area (Å²) in [6.07, 6.45) is 5.56. The molecule has 0 spiro atoms. The molecule has 2 unspecified atom stereocenters. The number of carboxylic acid groups (broad SMARTS) is 1. The Balaban J connectivity index is 2.25. The Morgan fingerprint density at radius 2 is 1.95 bits per heavy atom. The first-order valence-electron chi connectivity index (χ1n) is 7.92. The Hall–Kier alpha value is -1.64. The van der Waals surface area contributed by atoms with Gasteiger partial charge in [-0.15, -0.1) is 0 Å². The van der Waals surface area contributed by atoms with Crippen molar-refractivity contribution in [3.05, 3.63) is 35.9 Å². The first kappa shape index (κ1) is 15.7. The van der Waals surface area contributed by atoms with Crippen molar-refractivity contribution in [2.45, 2.75) is 51.9 Å². The van der Waals surface area contributed by atoms with E-state index in [1.54, 1.807) is 12.1 Å². The maximum absolute atomic E-state index is 12.5. The summed E-state index contributed by atoms with van der Waals surface area (Å²) in [5.74, 6) is -0.702. The number of carbonyl (C=O) groups is 2. The first-order chi connectivity index (χ1) is 10.1. The monoisotopic (exact) mass is 288 g/mol. The molecule has 1 aliphatic rings. The van der Waals surface area contributed by atoms with Gasteiger partial charge in [0, 0.05) is 12.0 Å². The van der Waals surface area contributed by atoms with E-state index in [0.717, 1.165) is 32.1 Å². The van der Waals surface area contributed by atoms with Crippen LogP contribution in [0.15, 0.2) is 30.3 Å². The SMILES string of the molecule is CCCC1CCCCC1(CC(=O)c1ccccc1)C(=O)O. The Labute approximate surface area is 126 Å². The van der Waals surface area contributed by atoms with Crippen molar-refractivity contribution in [2.24, 2.45) is 11.3 Å². The van der Waals surface area contributed by atoms with Crippen LogP contribution in [0.2, 0.25) is 0 Å². The minimum absolute atomic E-state index is 0.0407. The summed E-state index contributed by atoms with van der Waals surface area (Å²) in [4.78, 5) is 24.5. The smallest absolute Gasteiger partial charge is 0.310 e. The molecule has 0 bridgehead atoms. The molecule has 1 aromatic rings. The van der Waals surface area contributed by atoms with E-state index in [-0.39, 0.29) is 18.1 Å². The third kappa shape index (κ3) is 3.34. The van der Waals surface area contributed by atoms with Gasteiger partial charge in [0.25, 0.3) is 0 Å². The lowest BCUT2D eigenvalue weighted by Gasteiger charge is -2.40. The molecule has 0 aromatic heterocycles. The fraction of sp³-hybridized carbons (Fsp3) is 0.556. The van der Waals surface area contributed by atoms with Crippen molar-refractivity contribution < 1.29 is 14.7 Å². The van der Waals surface area contributed by atoms with E-state index in [1.165, 1.54) is 0 Å². The number of rotatable bonds is 6. The average Bonchev–Trinajstić information content (AvgIpc) is 2.50. The van der Waals surface area contributed by atoms with Gasteiger partial charge < -0.3 is 5.11 Å². The second kappa shape index (κ2) is 6.88. The number of benzene rings is 1. The van der Waals surface area contributed by atoms with E-state index in [2.05, 4.69) is 6.92 Å². The predicted molar refractivity (Wildman–Crippen MR) is 82.3 cm³/mol. The molecule has 21 heavy (non-hydrogen) atoms. The largest absolute Gasteiger partial charge is 0.481 e. The number of aliphatic carboxylic acids is 1. The zero-order chi connectivity index (χ0) is 15.3. The third-order valence-corrected chi connectivity index (χ3v) is 4.84. The molecule has 2 rings (SSSR count). The Bertz CT molecular complexity index is 492. The fourth-order valence-electron chi connectivity index (χ4n) is 3.68. The van der Waals surface area contributed by atoms with Crippen LogP contribution in [0.25, 0.3) is 0 Å². The van der Waals surface area contributed by atoms with Gasteiger partial charge in [-0.2, -0.15) is 0 Å². The minimum atomic E-state index is -0.860. The van der Waals surface area contributed by atoms with E-state index < -0.39 is 11.4 Å². The lowest BCUT2D eigenvalue weighted by Crippen LogP contribution is -2.43. The first-order valence-corrected chi connectivity index (χ1v) is 7.92. The molecule has 0 heterocycles. The molecule has 1 aliphatic carbocycles. The molecule has 114 valence electrons. The molecule has 0 aliphatic heterocycles. The second-order valence-corrected chi connectivity index (χ2v) is 6.16. The molecule has 0 saturated heterocycles. The van der Waals surface area contributed by atoms with Gasteiger partial charge in [-0.1, -0.05) is 56.5 Å². The molecule has 0 radical (unpaired) electrons. The molecule has 1 aromatic carbocycles. The van der Waals surface area contributed by atoms with Gasteiger partial charge in [-0.3, -0.25) is 9.59 Å². The summed E-state index contributed by atoms with van der Waals surface area (Å²) in [6.45, 7) is 2.08. The van der Waals surface area contributed by atoms with Gasteiger partial charge in [0.15, 0.2) is 5.78 Å². The molecule has 1 saturated carbocycles. The van der Waals surface area contributed by atoms with E-state index >= 15 is 0 Å². The topological polar surface area (TPSA) is 54.4 Å². The van der Waals surface area contributed by atoms with Crippen LogP contribution in [0, 0.1) is 11.3 Å². The summed E-state index contributed by atoms with van der Waals surface area (Å²) < 4.78 is 0. The molecular formula is C18H24O3. The van der Waals surface area contributed by atoms with Gasteiger partial charge in [0.1, 0.15) is 0 Å². The Morgan fingerprint density at radius 3 is 2.57 bits per heavy atom. The van der Waals surface area contributed by atoms with Crippen LogP contribution in [0.3, 0.4) is 0 Å². The summed E-state index contributed by atoms with van der Waals surface area (Å²) in [7, 11) is 0. The maximum Gasteiger partial charge on any atom is 0.310 e. The van der Waals surface area contributed by atoms with Crippen LogP contribution < -0.4 is 0 Å². The number of ketones is 1. The quantitative estimate of drug-likeness (QED) is 0.793. The standard InChI is InChI=1S/C18H24O3/c1-2-8-15-11-6-7-12-18(15,17(20)21)13-16(19)14-9-4-3-5-10-14/h3-5,9-10,15H,2,6-8,11-13H2,1H3,(H,20,21). The summed E-state index contributed by atoms with van der Waals surface area (Å²) in [5.41, 5.74) is -0.236. The highest BCUT2D eigenvalue weighted by Gasteiger charge is 2.47. The van der Waals surface area contributed by atoms with Gasteiger partial charge in [0.05, 0.1) is 5.41 Å². The summed E-state index contributed by atoms with van der Waals surface area (Å²) >= 11 is 0. The van der Waals surface area contributed by atoms with Crippen LogP contribution in [-0.4, -0.2) is 16.9 Å². The van der Waals surface area contributed by atoms with Crippen LogP contribution in [0.1, 0.15) is 62.2 Å². The van der Waals surface area contributed by atoms with Crippen LogP contribution in [0.4, 0.5) is 0 Å².